The lowest BCUT2D eigenvalue weighted by Gasteiger charge is -2.08. The van der Waals surface area contributed by atoms with Gasteiger partial charge >= 0.3 is 5.69 Å². The molecule has 0 radical (unpaired) electrons. The molecule has 0 saturated heterocycles. The number of hydrogen-bond donors (Lipinski definition) is 1. The number of nitrogens with zero attached hydrogens (tertiary/aromatic N) is 3. The first-order valence-electron chi connectivity index (χ1n) is 5.50. The molecular formula is C10H17N3O3S. The highest BCUT2D eigenvalue weighted by Crippen LogP contribution is 2.34. The summed E-state index contributed by atoms with van der Waals surface area (Å²) in [5, 5.41) is 24.7. The lowest BCUT2D eigenvalue weighted by Crippen LogP contribution is -2.07. The van der Waals surface area contributed by atoms with Gasteiger partial charge in [0.05, 0.1) is 11.5 Å². The number of hydrogen-bond acceptors (Lipinski definition) is 5. The van der Waals surface area contributed by atoms with E-state index in [4.69, 9.17) is 5.11 Å². The van der Waals surface area contributed by atoms with Crippen LogP contribution in [0, 0.1) is 17.0 Å². The monoisotopic (exact) mass is 259 g/mol. The Bertz CT molecular complexity index is 406. The van der Waals surface area contributed by atoms with Gasteiger partial charge in [-0.2, -0.15) is 5.10 Å². The summed E-state index contributed by atoms with van der Waals surface area (Å²) in [6.07, 6.45) is 0.860. The molecule has 1 aromatic rings. The lowest BCUT2D eigenvalue weighted by molar-refractivity contribution is -0.388. The Morgan fingerprint density at radius 1 is 1.65 bits per heavy atom. The van der Waals surface area contributed by atoms with E-state index in [2.05, 4.69) is 5.10 Å². The topological polar surface area (TPSA) is 81.2 Å². The predicted molar refractivity (Wildman–Crippen MR) is 66.3 cm³/mol. The van der Waals surface area contributed by atoms with Crippen LogP contribution in [-0.2, 0) is 6.54 Å². The maximum absolute atomic E-state index is 11.0. The van der Waals surface area contributed by atoms with Crippen LogP contribution in [0.5, 0.6) is 0 Å². The molecule has 17 heavy (non-hydrogen) atoms. The average molecular weight is 259 g/mol. The van der Waals surface area contributed by atoms with Crippen molar-refractivity contribution < 1.29 is 10.0 Å². The van der Waals surface area contributed by atoms with E-state index >= 15 is 0 Å². The molecule has 1 atom stereocenters. The van der Waals surface area contributed by atoms with Crippen molar-refractivity contribution in [3.63, 3.8) is 0 Å². The van der Waals surface area contributed by atoms with Crippen molar-refractivity contribution in [3.8, 4) is 0 Å². The molecule has 0 amide bonds. The third-order valence-electron chi connectivity index (χ3n) is 2.24. The first kappa shape index (κ1) is 14.0. The Morgan fingerprint density at radius 3 is 2.76 bits per heavy atom. The normalized spacial score (nSPS) is 12.7. The molecule has 1 aromatic heterocycles. The highest BCUT2D eigenvalue weighted by molar-refractivity contribution is 8.00. The summed E-state index contributed by atoms with van der Waals surface area (Å²) in [5.74, 6) is 0. The van der Waals surface area contributed by atoms with E-state index in [1.54, 1.807) is 11.6 Å². The highest BCUT2D eigenvalue weighted by atomic mass is 32.2. The lowest BCUT2D eigenvalue weighted by atomic mass is 10.4. The second kappa shape index (κ2) is 6.02. The molecular weight excluding hydrogens is 242 g/mol. The van der Waals surface area contributed by atoms with Crippen LogP contribution < -0.4 is 0 Å². The summed E-state index contributed by atoms with van der Waals surface area (Å²) < 4.78 is 1.66. The molecule has 0 aliphatic carbocycles. The molecule has 7 heteroatoms. The molecule has 0 aliphatic rings. The Morgan fingerprint density at radius 2 is 2.29 bits per heavy atom. The van der Waals surface area contributed by atoms with E-state index in [1.165, 1.54) is 11.8 Å². The van der Waals surface area contributed by atoms with Crippen LogP contribution in [0.1, 0.15) is 26.0 Å². The zero-order valence-electron chi connectivity index (χ0n) is 10.2. The van der Waals surface area contributed by atoms with Crippen LogP contribution in [0.2, 0.25) is 0 Å². The molecule has 0 aromatic carbocycles. The number of nitro groups is 1. The Labute approximate surface area is 104 Å². The van der Waals surface area contributed by atoms with Crippen LogP contribution in [0.25, 0.3) is 0 Å². The first-order chi connectivity index (χ1) is 8.01. The van der Waals surface area contributed by atoms with Gasteiger partial charge in [0.25, 0.3) is 0 Å². The van der Waals surface area contributed by atoms with E-state index in [0.29, 0.717) is 17.3 Å². The summed E-state index contributed by atoms with van der Waals surface area (Å²) in [5.41, 5.74) is 0.486. The summed E-state index contributed by atoms with van der Waals surface area (Å²) >= 11 is 1.29. The van der Waals surface area contributed by atoms with E-state index < -0.39 is 4.92 Å². The van der Waals surface area contributed by atoms with Crippen LogP contribution in [0.3, 0.4) is 0 Å². The molecule has 1 unspecified atom stereocenters. The molecule has 0 spiro atoms. The van der Waals surface area contributed by atoms with Gasteiger partial charge in [0.2, 0.25) is 0 Å². The van der Waals surface area contributed by atoms with Gasteiger partial charge in [-0.1, -0.05) is 25.6 Å². The summed E-state index contributed by atoms with van der Waals surface area (Å²) in [6.45, 7) is 6.09. The van der Waals surface area contributed by atoms with Crippen LogP contribution in [-0.4, -0.2) is 31.7 Å². The number of aliphatic hydroxyl groups is 1. The van der Waals surface area contributed by atoms with Gasteiger partial charge in [-0.25, -0.2) is 0 Å². The van der Waals surface area contributed by atoms with Crippen LogP contribution in [0.4, 0.5) is 5.69 Å². The molecule has 6 nitrogen and oxygen atoms in total. The van der Waals surface area contributed by atoms with Crippen LogP contribution in [0.15, 0.2) is 5.03 Å². The fraction of sp³-hybridized carbons (Fsp3) is 0.700. The fourth-order valence-corrected chi connectivity index (χ4v) is 2.51. The Kier molecular flexibility index (Phi) is 4.95. The quantitative estimate of drug-likeness (QED) is 0.480. The van der Waals surface area contributed by atoms with Crippen molar-refractivity contribution in [1.82, 2.24) is 9.78 Å². The predicted octanol–water partition coefficient (Wildman–Crippen LogP) is 1.98. The van der Waals surface area contributed by atoms with Gasteiger partial charge in [0.1, 0.15) is 5.69 Å². The standard InChI is InChI=1S/C10H17N3O3S/c1-4-5-12-10(17-7(2)6-14)9(13(15)16)8(3)11-12/h7,14H,4-6H2,1-3H3. The van der Waals surface area contributed by atoms with Gasteiger partial charge in [-0.15, -0.1) is 0 Å². The number of rotatable bonds is 6. The van der Waals surface area contributed by atoms with Gasteiger partial charge in [-0.3, -0.25) is 14.8 Å². The Balaban J connectivity index is 3.15. The van der Waals surface area contributed by atoms with Crippen molar-refractivity contribution >= 4 is 17.4 Å². The van der Waals surface area contributed by atoms with Crippen molar-refractivity contribution in [2.45, 2.75) is 44.0 Å². The first-order valence-corrected chi connectivity index (χ1v) is 6.38. The Hall–Kier alpha value is -1.08. The maximum atomic E-state index is 11.0. The molecule has 1 rings (SSSR count). The summed E-state index contributed by atoms with van der Waals surface area (Å²) in [4.78, 5) is 10.6. The van der Waals surface area contributed by atoms with Crippen molar-refractivity contribution in [2.75, 3.05) is 6.61 Å². The number of aryl methyl sites for hydroxylation is 2. The minimum absolute atomic E-state index is 0.0157. The number of aromatic nitrogens is 2. The SMILES string of the molecule is CCCn1nc(C)c([N+](=O)[O-])c1SC(C)CO. The van der Waals surface area contributed by atoms with Gasteiger partial charge in [0, 0.05) is 11.8 Å². The molecule has 96 valence electrons. The van der Waals surface area contributed by atoms with E-state index in [-0.39, 0.29) is 17.5 Å². The molecule has 0 aliphatic heterocycles. The third-order valence-corrected chi connectivity index (χ3v) is 3.42. The third kappa shape index (κ3) is 3.19. The van der Waals surface area contributed by atoms with Crippen molar-refractivity contribution in [1.29, 1.82) is 0 Å². The summed E-state index contributed by atoms with van der Waals surface area (Å²) in [6, 6.07) is 0. The largest absolute Gasteiger partial charge is 0.395 e. The molecule has 0 saturated carbocycles. The smallest absolute Gasteiger partial charge is 0.323 e. The van der Waals surface area contributed by atoms with E-state index in [9.17, 15) is 10.1 Å². The molecule has 1 heterocycles. The fourth-order valence-electron chi connectivity index (χ4n) is 1.47. The van der Waals surface area contributed by atoms with Gasteiger partial charge < -0.3 is 5.11 Å². The molecule has 1 N–H and O–H groups in total. The zero-order valence-corrected chi connectivity index (χ0v) is 11.0. The number of thioether (sulfide) groups is 1. The van der Waals surface area contributed by atoms with Gasteiger partial charge in [-0.05, 0) is 13.3 Å². The van der Waals surface area contributed by atoms with E-state index in [0.717, 1.165) is 6.42 Å². The van der Waals surface area contributed by atoms with Gasteiger partial charge in [0.15, 0.2) is 5.03 Å². The minimum Gasteiger partial charge on any atom is -0.395 e. The zero-order chi connectivity index (χ0) is 13.0. The minimum atomic E-state index is -0.402. The summed E-state index contributed by atoms with van der Waals surface area (Å²) in [7, 11) is 0. The van der Waals surface area contributed by atoms with Crippen molar-refractivity contribution in [3.05, 3.63) is 15.8 Å². The average Bonchev–Trinajstić information content (AvgIpc) is 2.55. The highest BCUT2D eigenvalue weighted by Gasteiger charge is 2.26. The maximum Gasteiger partial charge on any atom is 0.323 e. The van der Waals surface area contributed by atoms with E-state index in [1.807, 2.05) is 13.8 Å². The second-order valence-electron chi connectivity index (χ2n) is 3.83. The second-order valence-corrected chi connectivity index (χ2v) is 5.26. The molecule has 0 fully saturated rings. The molecule has 0 bridgehead atoms. The van der Waals surface area contributed by atoms with Crippen molar-refractivity contribution in [2.24, 2.45) is 0 Å². The number of aliphatic hydroxyl groups excluding tert-OH is 1. The van der Waals surface area contributed by atoms with Crippen LogP contribution >= 0.6 is 11.8 Å².